The number of hydrogen-bond acceptors (Lipinski definition) is 6. The van der Waals surface area contributed by atoms with Gasteiger partial charge in [0.15, 0.2) is 6.35 Å². The molecular formula is C12H17F2O6PS. The standard InChI is InChI=1S/C12H17F2O6PS/c1-4-18-21(15,20-9(2)3)8-19-22(16,17)12-7-10(13)5-6-11(12)14/h5-7,9H,4,8H2,1-3H3. The Morgan fingerprint density at radius 2 is 1.91 bits per heavy atom. The van der Waals surface area contributed by atoms with Crippen molar-refractivity contribution < 1.29 is 35.0 Å². The van der Waals surface area contributed by atoms with Gasteiger partial charge in [-0.25, -0.2) is 8.78 Å². The Hall–Kier alpha value is -0.860. The van der Waals surface area contributed by atoms with Gasteiger partial charge in [-0.15, -0.1) is 0 Å². The molecule has 0 bridgehead atoms. The lowest BCUT2D eigenvalue weighted by molar-refractivity contribution is 0.157. The van der Waals surface area contributed by atoms with Crippen LogP contribution in [0.5, 0.6) is 0 Å². The summed E-state index contributed by atoms with van der Waals surface area (Å²) in [5.74, 6) is -2.13. The quantitative estimate of drug-likeness (QED) is 0.524. The molecule has 0 amide bonds. The second kappa shape index (κ2) is 7.61. The molecule has 0 aliphatic rings. The van der Waals surface area contributed by atoms with E-state index in [1.165, 1.54) is 6.92 Å². The number of hydrogen-bond donors (Lipinski definition) is 0. The van der Waals surface area contributed by atoms with Crippen LogP contribution >= 0.6 is 7.60 Å². The average molecular weight is 358 g/mol. The molecule has 0 fully saturated rings. The summed E-state index contributed by atoms with van der Waals surface area (Å²) in [6.45, 7) is 4.69. The van der Waals surface area contributed by atoms with Crippen molar-refractivity contribution in [2.45, 2.75) is 31.8 Å². The predicted octanol–water partition coefficient (Wildman–Crippen LogP) is 3.28. The normalized spacial score (nSPS) is 15.0. The number of benzene rings is 1. The van der Waals surface area contributed by atoms with Gasteiger partial charge >= 0.3 is 17.7 Å². The molecule has 1 rings (SSSR count). The van der Waals surface area contributed by atoms with Crippen LogP contribution in [-0.4, -0.2) is 27.5 Å². The van der Waals surface area contributed by atoms with Crippen LogP contribution in [0.3, 0.4) is 0 Å². The van der Waals surface area contributed by atoms with Crippen LogP contribution in [0.1, 0.15) is 20.8 Å². The minimum absolute atomic E-state index is 0.00172. The monoisotopic (exact) mass is 358 g/mol. The molecule has 126 valence electrons. The van der Waals surface area contributed by atoms with Gasteiger partial charge in [0, 0.05) is 0 Å². The summed E-state index contributed by atoms with van der Waals surface area (Å²) in [4.78, 5) is -0.986. The molecule has 0 aromatic heterocycles. The van der Waals surface area contributed by atoms with Gasteiger partial charge in [0.05, 0.1) is 12.7 Å². The zero-order chi connectivity index (χ0) is 17.0. The fourth-order valence-electron chi connectivity index (χ4n) is 1.48. The molecule has 10 heteroatoms. The maximum Gasteiger partial charge on any atom is 0.357 e. The highest BCUT2D eigenvalue weighted by Crippen LogP contribution is 2.49. The van der Waals surface area contributed by atoms with E-state index in [0.717, 1.165) is 6.07 Å². The first-order valence-electron chi connectivity index (χ1n) is 6.36. The third kappa shape index (κ3) is 5.40. The van der Waals surface area contributed by atoms with Gasteiger partial charge in [0.25, 0.3) is 0 Å². The van der Waals surface area contributed by atoms with Crippen LogP contribution in [0.2, 0.25) is 0 Å². The molecule has 6 nitrogen and oxygen atoms in total. The van der Waals surface area contributed by atoms with E-state index in [-0.39, 0.29) is 6.61 Å². The van der Waals surface area contributed by atoms with E-state index in [9.17, 15) is 21.8 Å². The van der Waals surface area contributed by atoms with Crippen molar-refractivity contribution in [2.75, 3.05) is 13.0 Å². The summed E-state index contributed by atoms with van der Waals surface area (Å²) in [6.07, 6.45) is -1.44. The highest BCUT2D eigenvalue weighted by Gasteiger charge is 2.31. The molecular weight excluding hydrogens is 341 g/mol. The van der Waals surface area contributed by atoms with Crippen molar-refractivity contribution in [1.29, 1.82) is 0 Å². The Morgan fingerprint density at radius 3 is 2.45 bits per heavy atom. The minimum atomic E-state index is -4.65. The molecule has 1 unspecified atom stereocenters. The molecule has 0 heterocycles. The average Bonchev–Trinajstić information content (AvgIpc) is 2.39. The first-order valence-corrected chi connectivity index (χ1v) is 9.50. The first kappa shape index (κ1) is 19.2. The van der Waals surface area contributed by atoms with Crippen molar-refractivity contribution in [3.63, 3.8) is 0 Å². The van der Waals surface area contributed by atoms with Gasteiger partial charge in [-0.2, -0.15) is 8.42 Å². The zero-order valence-electron chi connectivity index (χ0n) is 12.3. The maximum atomic E-state index is 13.5. The maximum absolute atomic E-state index is 13.5. The van der Waals surface area contributed by atoms with Gasteiger partial charge in [-0.1, -0.05) is 0 Å². The van der Waals surface area contributed by atoms with Crippen LogP contribution in [0.4, 0.5) is 8.78 Å². The van der Waals surface area contributed by atoms with Crippen LogP contribution in [0.25, 0.3) is 0 Å². The van der Waals surface area contributed by atoms with Gasteiger partial charge in [0.1, 0.15) is 16.5 Å². The molecule has 0 aliphatic carbocycles. The van der Waals surface area contributed by atoms with Gasteiger partial charge in [0.2, 0.25) is 0 Å². The van der Waals surface area contributed by atoms with Crippen molar-refractivity contribution in [1.82, 2.24) is 0 Å². The van der Waals surface area contributed by atoms with E-state index in [0.29, 0.717) is 12.1 Å². The molecule has 0 saturated heterocycles. The van der Waals surface area contributed by atoms with Crippen LogP contribution in [0.15, 0.2) is 23.1 Å². The van der Waals surface area contributed by atoms with E-state index < -0.39 is 46.7 Å². The molecule has 1 atom stereocenters. The minimum Gasteiger partial charge on any atom is -0.307 e. The van der Waals surface area contributed by atoms with E-state index in [1.54, 1.807) is 13.8 Å². The van der Waals surface area contributed by atoms with Crippen LogP contribution < -0.4 is 0 Å². The molecule has 0 aliphatic heterocycles. The smallest absolute Gasteiger partial charge is 0.307 e. The summed E-state index contributed by atoms with van der Waals surface area (Å²) in [5.41, 5.74) is 0. The zero-order valence-corrected chi connectivity index (χ0v) is 14.0. The van der Waals surface area contributed by atoms with Gasteiger partial charge < -0.3 is 9.05 Å². The van der Waals surface area contributed by atoms with Gasteiger partial charge in [-0.3, -0.25) is 8.75 Å². The first-order chi connectivity index (χ1) is 10.1. The molecule has 0 spiro atoms. The molecule has 0 N–H and O–H groups in total. The summed E-state index contributed by atoms with van der Waals surface area (Å²) >= 11 is 0. The second-order valence-electron chi connectivity index (χ2n) is 4.46. The fourth-order valence-corrected chi connectivity index (χ4v) is 4.48. The highest BCUT2D eigenvalue weighted by molar-refractivity contribution is 7.87. The van der Waals surface area contributed by atoms with E-state index in [4.69, 9.17) is 9.05 Å². The topological polar surface area (TPSA) is 78.9 Å². The second-order valence-corrected chi connectivity index (χ2v) is 7.99. The lowest BCUT2D eigenvalue weighted by atomic mass is 10.3. The number of rotatable bonds is 8. The van der Waals surface area contributed by atoms with Crippen LogP contribution in [-0.2, 0) is 27.9 Å². The summed E-state index contributed by atoms with van der Waals surface area (Å²) in [5, 5.41) is 0. The Balaban J connectivity index is 2.96. The van der Waals surface area contributed by atoms with E-state index in [1.807, 2.05) is 0 Å². The molecule has 0 radical (unpaired) electrons. The van der Waals surface area contributed by atoms with E-state index in [2.05, 4.69) is 4.18 Å². The lowest BCUT2D eigenvalue weighted by Crippen LogP contribution is -2.14. The largest absolute Gasteiger partial charge is 0.357 e. The van der Waals surface area contributed by atoms with Crippen molar-refractivity contribution in [3.05, 3.63) is 29.8 Å². The Morgan fingerprint density at radius 1 is 1.27 bits per heavy atom. The molecule has 22 heavy (non-hydrogen) atoms. The Labute approximate surface area is 128 Å². The Kier molecular flexibility index (Phi) is 6.64. The van der Waals surface area contributed by atoms with Crippen molar-refractivity contribution >= 4 is 17.7 Å². The lowest BCUT2D eigenvalue weighted by Gasteiger charge is -2.19. The highest BCUT2D eigenvalue weighted by atomic mass is 32.2. The Bertz CT molecular complexity index is 662. The third-order valence-electron chi connectivity index (χ3n) is 2.23. The van der Waals surface area contributed by atoms with Crippen molar-refractivity contribution in [2.24, 2.45) is 0 Å². The molecule has 0 saturated carbocycles. The summed E-state index contributed by atoms with van der Waals surface area (Å²) < 4.78 is 77.0. The van der Waals surface area contributed by atoms with Crippen molar-refractivity contribution in [3.8, 4) is 0 Å². The number of halogens is 2. The molecule has 1 aromatic carbocycles. The van der Waals surface area contributed by atoms with Crippen LogP contribution in [0, 0.1) is 11.6 Å². The fraction of sp³-hybridized carbons (Fsp3) is 0.500. The summed E-state index contributed by atoms with van der Waals surface area (Å²) in [7, 11) is -8.48. The third-order valence-corrected chi connectivity index (χ3v) is 5.52. The predicted molar refractivity (Wildman–Crippen MR) is 74.9 cm³/mol. The SMILES string of the molecule is CCOP(=O)(COS(=O)(=O)c1cc(F)ccc1F)OC(C)C. The van der Waals surface area contributed by atoms with Gasteiger partial charge in [-0.05, 0) is 39.0 Å². The summed E-state index contributed by atoms with van der Waals surface area (Å²) in [6, 6.07) is 1.89. The van der Waals surface area contributed by atoms with E-state index >= 15 is 0 Å². The molecule has 1 aromatic rings.